The maximum atomic E-state index is 12.1. The minimum absolute atomic E-state index is 0.124. The van der Waals surface area contributed by atoms with Crippen molar-refractivity contribution in [1.29, 1.82) is 0 Å². The van der Waals surface area contributed by atoms with Gasteiger partial charge in [-0.2, -0.15) is 0 Å². The van der Waals surface area contributed by atoms with Crippen LogP contribution in [0.5, 0.6) is 0 Å². The summed E-state index contributed by atoms with van der Waals surface area (Å²) in [4.78, 5) is 23.9. The van der Waals surface area contributed by atoms with Crippen molar-refractivity contribution >= 4 is 11.8 Å². The van der Waals surface area contributed by atoms with Gasteiger partial charge in [-0.15, -0.1) is 0 Å². The quantitative estimate of drug-likeness (QED) is 0.523. The summed E-state index contributed by atoms with van der Waals surface area (Å²) in [5, 5.41) is 9.06. The van der Waals surface area contributed by atoms with Crippen LogP contribution in [0.1, 0.15) is 85.0 Å². The summed E-state index contributed by atoms with van der Waals surface area (Å²) in [6.45, 7) is 7.16. The third-order valence-electron chi connectivity index (χ3n) is 5.87. The summed E-state index contributed by atoms with van der Waals surface area (Å²) in [6, 6.07) is 0. The lowest BCUT2D eigenvalue weighted by molar-refractivity contribution is -0.147. The Morgan fingerprint density at radius 3 is 2.36 bits per heavy atom. The van der Waals surface area contributed by atoms with Gasteiger partial charge in [0.2, 0.25) is 0 Å². The number of aliphatic hydroxyl groups excluding tert-OH is 1. The predicted molar refractivity (Wildman–Crippen MR) is 100 cm³/mol. The summed E-state index contributed by atoms with van der Waals surface area (Å²) in [7, 11) is 0. The molecule has 0 saturated heterocycles. The zero-order valence-corrected chi connectivity index (χ0v) is 16.5. The summed E-state index contributed by atoms with van der Waals surface area (Å²) in [5.74, 6) is 1.86. The van der Waals surface area contributed by atoms with Crippen LogP contribution in [0.4, 0.5) is 0 Å². The molecule has 1 N–H and O–H groups in total. The molecule has 4 heteroatoms. The third kappa shape index (κ3) is 8.84. The molecule has 4 nitrogen and oxygen atoms in total. The average Bonchev–Trinajstić information content (AvgIpc) is 2.60. The fraction of sp³-hybridized carbons (Fsp3) is 0.905. The van der Waals surface area contributed by atoms with Crippen molar-refractivity contribution in [2.45, 2.75) is 85.0 Å². The Labute approximate surface area is 153 Å². The van der Waals surface area contributed by atoms with Crippen LogP contribution < -0.4 is 0 Å². The van der Waals surface area contributed by atoms with E-state index in [0.717, 1.165) is 25.2 Å². The molecule has 0 aliphatic heterocycles. The molecule has 1 saturated carbocycles. The minimum Gasteiger partial charge on any atom is -0.465 e. The van der Waals surface area contributed by atoms with Crippen LogP contribution in [0.15, 0.2) is 0 Å². The number of hydrogen-bond acceptors (Lipinski definition) is 4. The van der Waals surface area contributed by atoms with Gasteiger partial charge in [-0.1, -0.05) is 40.0 Å². The first-order valence-corrected chi connectivity index (χ1v) is 10.3. The van der Waals surface area contributed by atoms with Gasteiger partial charge in [0, 0.05) is 31.8 Å². The van der Waals surface area contributed by atoms with E-state index in [-0.39, 0.29) is 30.2 Å². The minimum atomic E-state index is -0.125. The Morgan fingerprint density at radius 2 is 1.76 bits per heavy atom. The summed E-state index contributed by atoms with van der Waals surface area (Å²) >= 11 is 0. The largest absolute Gasteiger partial charge is 0.465 e. The Morgan fingerprint density at radius 1 is 1.12 bits per heavy atom. The molecule has 3 atom stereocenters. The molecule has 0 spiro atoms. The highest BCUT2D eigenvalue weighted by Crippen LogP contribution is 2.29. The van der Waals surface area contributed by atoms with Crippen molar-refractivity contribution in [3.63, 3.8) is 0 Å². The number of Topliss-reactive ketones (excluding diaryl/α,β-unsaturated/α-hetero) is 1. The Kier molecular flexibility index (Phi) is 11.0. The van der Waals surface area contributed by atoms with E-state index in [4.69, 9.17) is 9.84 Å². The van der Waals surface area contributed by atoms with E-state index in [9.17, 15) is 9.59 Å². The van der Waals surface area contributed by atoms with Gasteiger partial charge in [-0.05, 0) is 43.4 Å². The van der Waals surface area contributed by atoms with Gasteiger partial charge >= 0.3 is 5.97 Å². The summed E-state index contributed by atoms with van der Waals surface area (Å²) in [5.41, 5.74) is 0. The number of esters is 1. The van der Waals surface area contributed by atoms with Crippen molar-refractivity contribution in [3.05, 3.63) is 0 Å². The fourth-order valence-corrected chi connectivity index (χ4v) is 4.08. The molecule has 1 rings (SSSR count). The molecule has 0 aromatic rings. The molecule has 1 fully saturated rings. The molecule has 3 unspecified atom stereocenters. The second-order valence-corrected chi connectivity index (χ2v) is 7.84. The number of carbonyl (C=O) groups is 2. The monoisotopic (exact) mass is 354 g/mol. The third-order valence-corrected chi connectivity index (χ3v) is 5.87. The second kappa shape index (κ2) is 12.5. The van der Waals surface area contributed by atoms with Crippen molar-refractivity contribution in [2.24, 2.45) is 23.7 Å². The number of aliphatic hydroxyl groups is 1. The first-order chi connectivity index (χ1) is 12.0. The van der Waals surface area contributed by atoms with Gasteiger partial charge in [-0.25, -0.2) is 0 Å². The maximum absolute atomic E-state index is 12.1. The van der Waals surface area contributed by atoms with E-state index >= 15 is 0 Å². The van der Waals surface area contributed by atoms with Gasteiger partial charge in [0.15, 0.2) is 0 Å². The molecule has 1 aliphatic carbocycles. The number of hydrogen-bond donors (Lipinski definition) is 1. The lowest BCUT2D eigenvalue weighted by atomic mass is 9.79. The topological polar surface area (TPSA) is 63.6 Å². The highest BCUT2D eigenvalue weighted by atomic mass is 16.5. The van der Waals surface area contributed by atoms with Gasteiger partial charge in [0.25, 0.3) is 0 Å². The maximum Gasteiger partial charge on any atom is 0.305 e. The second-order valence-electron chi connectivity index (χ2n) is 7.84. The number of rotatable bonds is 12. The van der Waals surface area contributed by atoms with Crippen molar-refractivity contribution in [1.82, 2.24) is 0 Å². The van der Waals surface area contributed by atoms with E-state index in [1.807, 2.05) is 0 Å². The number of ketones is 1. The van der Waals surface area contributed by atoms with E-state index in [0.29, 0.717) is 38.2 Å². The van der Waals surface area contributed by atoms with E-state index in [1.54, 1.807) is 0 Å². The zero-order valence-electron chi connectivity index (χ0n) is 16.5. The van der Waals surface area contributed by atoms with Crippen LogP contribution >= 0.6 is 0 Å². The number of ether oxygens (including phenoxy) is 1. The first-order valence-electron chi connectivity index (χ1n) is 10.3. The molecule has 25 heavy (non-hydrogen) atoms. The molecule has 146 valence electrons. The molecular formula is C21H38O4. The van der Waals surface area contributed by atoms with Crippen molar-refractivity contribution in [2.75, 3.05) is 13.2 Å². The standard InChI is InChI=1S/C21H38O4/c1-4-16(5-2)11-17(6-3)7-8-21(24)25-15-19-12-18(9-10-22)13-20(23)14-19/h16-19,22H,4-15H2,1-3H3. The van der Waals surface area contributed by atoms with E-state index in [1.165, 1.54) is 19.3 Å². The molecule has 0 radical (unpaired) electrons. The predicted octanol–water partition coefficient (Wildman–Crippen LogP) is 4.53. The average molecular weight is 355 g/mol. The molecule has 0 amide bonds. The highest BCUT2D eigenvalue weighted by Gasteiger charge is 2.28. The van der Waals surface area contributed by atoms with Gasteiger partial charge < -0.3 is 9.84 Å². The Bertz CT molecular complexity index is 389. The highest BCUT2D eigenvalue weighted by molar-refractivity contribution is 5.79. The van der Waals surface area contributed by atoms with Gasteiger partial charge in [0.05, 0.1) is 6.61 Å². The summed E-state index contributed by atoms with van der Waals surface area (Å²) in [6.07, 6.45) is 8.77. The molecule has 0 bridgehead atoms. The molecule has 0 aromatic carbocycles. The van der Waals surface area contributed by atoms with E-state index in [2.05, 4.69) is 20.8 Å². The van der Waals surface area contributed by atoms with Crippen molar-refractivity contribution in [3.8, 4) is 0 Å². The van der Waals surface area contributed by atoms with Crippen molar-refractivity contribution < 1.29 is 19.4 Å². The van der Waals surface area contributed by atoms with Crippen LogP contribution in [0.25, 0.3) is 0 Å². The zero-order chi connectivity index (χ0) is 18.7. The fourth-order valence-electron chi connectivity index (χ4n) is 4.08. The van der Waals surface area contributed by atoms with Crippen LogP contribution in [-0.4, -0.2) is 30.1 Å². The van der Waals surface area contributed by atoms with Gasteiger partial charge in [-0.3, -0.25) is 9.59 Å². The SMILES string of the molecule is CCC(CC)CC(CC)CCC(=O)OCC1CC(=O)CC(CCO)C1. The van der Waals surface area contributed by atoms with E-state index < -0.39 is 0 Å². The van der Waals surface area contributed by atoms with Crippen LogP contribution in [0.2, 0.25) is 0 Å². The Hall–Kier alpha value is -0.900. The lowest BCUT2D eigenvalue weighted by Gasteiger charge is -2.27. The first kappa shape index (κ1) is 22.1. The van der Waals surface area contributed by atoms with Crippen LogP contribution in [0.3, 0.4) is 0 Å². The smallest absolute Gasteiger partial charge is 0.305 e. The lowest BCUT2D eigenvalue weighted by Crippen LogP contribution is -2.27. The molecule has 1 aliphatic rings. The normalized spacial score (nSPS) is 22.2. The molecule has 0 aromatic heterocycles. The van der Waals surface area contributed by atoms with Gasteiger partial charge in [0.1, 0.15) is 5.78 Å². The van der Waals surface area contributed by atoms with Crippen LogP contribution in [0, 0.1) is 23.7 Å². The molecule has 0 heterocycles. The molecular weight excluding hydrogens is 316 g/mol. The summed E-state index contributed by atoms with van der Waals surface area (Å²) < 4.78 is 5.46. The number of carbonyl (C=O) groups excluding carboxylic acids is 2. The Balaban J connectivity index is 2.30. The van der Waals surface area contributed by atoms with Crippen LogP contribution in [-0.2, 0) is 14.3 Å².